The summed E-state index contributed by atoms with van der Waals surface area (Å²) in [6.07, 6.45) is 9.32. The number of likely N-dealkylation sites (tertiary alicyclic amines) is 1. The Hall–Kier alpha value is -1.97. The van der Waals surface area contributed by atoms with Crippen molar-refractivity contribution in [3.05, 3.63) is 35.9 Å². The molecule has 2 heterocycles. The predicted molar refractivity (Wildman–Crippen MR) is 87.6 cm³/mol. The number of hydrogen-bond acceptors (Lipinski definition) is 3. The van der Waals surface area contributed by atoms with Crippen LogP contribution in [0.25, 0.3) is 0 Å². The SMILES string of the molecule is O=C(C[C@@H]1C=CCC1)N1CCC[C@H]1c1cccc2c1OCCO2. The number of para-hydroxylation sites is 1. The van der Waals surface area contributed by atoms with Gasteiger partial charge in [-0.05, 0) is 37.7 Å². The van der Waals surface area contributed by atoms with E-state index in [1.165, 1.54) is 0 Å². The highest BCUT2D eigenvalue weighted by atomic mass is 16.6. The average Bonchev–Trinajstić information content (AvgIpc) is 3.25. The Morgan fingerprint density at radius 3 is 3.00 bits per heavy atom. The largest absolute Gasteiger partial charge is 0.486 e. The predicted octanol–water partition coefficient (Wildman–Crippen LogP) is 3.48. The Morgan fingerprint density at radius 2 is 2.13 bits per heavy atom. The highest BCUT2D eigenvalue weighted by Crippen LogP contribution is 2.43. The van der Waals surface area contributed by atoms with Crippen LogP contribution in [0, 0.1) is 5.92 Å². The minimum Gasteiger partial charge on any atom is -0.486 e. The Bertz CT molecular complexity index is 625. The van der Waals surface area contributed by atoms with Crippen molar-refractivity contribution in [1.29, 1.82) is 0 Å². The number of rotatable bonds is 3. The Balaban J connectivity index is 1.56. The lowest BCUT2D eigenvalue weighted by molar-refractivity contribution is -0.132. The topological polar surface area (TPSA) is 38.8 Å². The van der Waals surface area contributed by atoms with Gasteiger partial charge in [-0.3, -0.25) is 4.79 Å². The van der Waals surface area contributed by atoms with Crippen LogP contribution in [0.1, 0.15) is 43.7 Å². The van der Waals surface area contributed by atoms with Gasteiger partial charge in [0.1, 0.15) is 13.2 Å². The fourth-order valence-corrected chi connectivity index (χ4v) is 3.95. The van der Waals surface area contributed by atoms with Crippen LogP contribution >= 0.6 is 0 Å². The molecule has 1 amide bonds. The molecule has 1 aromatic rings. The van der Waals surface area contributed by atoms with Gasteiger partial charge in [0, 0.05) is 18.5 Å². The summed E-state index contributed by atoms with van der Waals surface area (Å²) in [5.41, 5.74) is 1.11. The van der Waals surface area contributed by atoms with Gasteiger partial charge in [-0.2, -0.15) is 0 Å². The summed E-state index contributed by atoms with van der Waals surface area (Å²) in [5.74, 6) is 2.35. The average molecular weight is 313 g/mol. The van der Waals surface area contributed by atoms with Crippen LogP contribution in [0.15, 0.2) is 30.4 Å². The van der Waals surface area contributed by atoms with E-state index in [1.54, 1.807) is 0 Å². The Labute approximate surface area is 137 Å². The number of amides is 1. The summed E-state index contributed by atoms with van der Waals surface area (Å²) >= 11 is 0. The minimum absolute atomic E-state index is 0.129. The molecule has 23 heavy (non-hydrogen) atoms. The van der Waals surface area contributed by atoms with Gasteiger partial charge >= 0.3 is 0 Å². The number of fused-ring (bicyclic) bond motifs is 1. The maximum Gasteiger partial charge on any atom is 0.223 e. The monoisotopic (exact) mass is 313 g/mol. The lowest BCUT2D eigenvalue weighted by Crippen LogP contribution is -2.32. The van der Waals surface area contributed by atoms with Gasteiger partial charge in [-0.15, -0.1) is 0 Å². The van der Waals surface area contributed by atoms with E-state index in [9.17, 15) is 4.79 Å². The van der Waals surface area contributed by atoms with Gasteiger partial charge in [0.15, 0.2) is 11.5 Å². The maximum absolute atomic E-state index is 12.8. The molecule has 1 aromatic carbocycles. The van der Waals surface area contributed by atoms with Crippen molar-refractivity contribution in [2.45, 2.75) is 38.1 Å². The number of nitrogens with zero attached hydrogens (tertiary/aromatic N) is 1. The van der Waals surface area contributed by atoms with Crippen molar-refractivity contribution in [2.24, 2.45) is 5.92 Å². The Morgan fingerprint density at radius 1 is 1.22 bits per heavy atom. The van der Waals surface area contributed by atoms with Crippen molar-refractivity contribution in [3.8, 4) is 11.5 Å². The number of carbonyl (C=O) groups is 1. The molecule has 1 saturated heterocycles. The zero-order valence-electron chi connectivity index (χ0n) is 13.4. The molecule has 3 aliphatic rings. The van der Waals surface area contributed by atoms with Crippen LogP contribution in [0.4, 0.5) is 0 Å². The van der Waals surface area contributed by atoms with Crippen molar-refractivity contribution in [1.82, 2.24) is 4.90 Å². The molecule has 0 aromatic heterocycles. The van der Waals surface area contributed by atoms with E-state index >= 15 is 0 Å². The first-order valence-electron chi connectivity index (χ1n) is 8.67. The first-order chi connectivity index (χ1) is 11.3. The molecule has 0 bridgehead atoms. The van der Waals surface area contributed by atoms with E-state index in [4.69, 9.17) is 9.47 Å². The number of carbonyl (C=O) groups excluding carboxylic acids is 1. The standard InChI is InChI=1S/C19H23NO3/c21-18(13-14-5-1-2-6-14)20-10-4-8-16(20)15-7-3-9-17-19(15)23-12-11-22-17/h1,3,5,7,9,14,16H,2,4,6,8,10-13H2/t14-,16+/m1/s1. The van der Waals surface area contributed by atoms with E-state index in [2.05, 4.69) is 23.1 Å². The Kier molecular flexibility index (Phi) is 3.98. The third-order valence-electron chi connectivity index (χ3n) is 5.08. The van der Waals surface area contributed by atoms with Gasteiger partial charge < -0.3 is 14.4 Å². The van der Waals surface area contributed by atoms with E-state index < -0.39 is 0 Å². The molecule has 0 unspecified atom stereocenters. The number of allylic oxidation sites excluding steroid dienone is 2. The van der Waals surface area contributed by atoms with E-state index in [1.807, 2.05) is 12.1 Å². The van der Waals surface area contributed by atoms with Crippen LogP contribution in [-0.4, -0.2) is 30.6 Å². The molecule has 2 atom stereocenters. The minimum atomic E-state index is 0.129. The molecule has 4 heteroatoms. The molecule has 0 saturated carbocycles. The van der Waals surface area contributed by atoms with Crippen LogP contribution in [0.5, 0.6) is 11.5 Å². The summed E-state index contributed by atoms with van der Waals surface area (Å²) in [4.78, 5) is 14.8. The molecular weight excluding hydrogens is 290 g/mol. The lowest BCUT2D eigenvalue weighted by Gasteiger charge is -2.29. The third-order valence-corrected chi connectivity index (χ3v) is 5.08. The van der Waals surface area contributed by atoms with Gasteiger partial charge in [-0.1, -0.05) is 24.3 Å². The number of benzene rings is 1. The summed E-state index contributed by atoms with van der Waals surface area (Å²) in [6.45, 7) is 2.03. The summed E-state index contributed by atoms with van der Waals surface area (Å²) in [7, 11) is 0. The zero-order chi connectivity index (χ0) is 15.6. The molecule has 0 radical (unpaired) electrons. The van der Waals surface area contributed by atoms with Crippen molar-refractivity contribution < 1.29 is 14.3 Å². The molecule has 122 valence electrons. The molecular formula is C19H23NO3. The second kappa shape index (κ2) is 6.26. The van der Waals surface area contributed by atoms with Crippen LogP contribution in [-0.2, 0) is 4.79 Å². The molecule has 0 spiro atoms. The van der Waals surface area contributed by atoms with Crippen molar-refractivity contribution >= 4 is 5.91 Å². The molecule has 4 nitrogen and oxygen atoms in total. The fraction of sp³-hybridized carbons (Fsp3) is 0.526. The normalized spacial score (nSPS) is 25.8. The summed E-state index contributed by atoms with van der Waals surface area (Å²) < 4.78 is 11.5. The number of hydrogen-bond donors (Lipinski definition) is 0. The first kappa shape index (κ1) is 14.6. The molecule has 4 rings (SSSR count). The fourth-order valence-electron chi connectivity index (χ4n) is 3.95. The summed E-state index contributed by atoms with van der Waals surface area (Å²) in [5, 5.41) is 0. The van der Waals surface area contributed by atoms with Crippen LogP contribution < -0.4 is 9.47 Å². The van der Waals surface area contributed by atoms with Crippen molar-refractivity contribution in [2.75, 3.05) is 19.8 Å². The third kappa shape index (κ3) is 2.82. The smallest absolute Gasteiger partial charge is 0.223 e. The van der Waals surface area contributed by atoms with E-state index in [0.29, 0.717) is 25.6 Å². The second-order valence-electron chi connectivity index (χ2n) is 6.59. The first-order valence-corrected chi connectivity index (χ1v) is 8.67. The second-order valence-corrected chi connectivity index (χ2v) is 6.59. The van der Waals surface area contributed by atoms with Gasteiger partial charge in [0.05, 0.1) is 6.04 Å². The van der Waals surface area contributed by atoms with Crippen molar-refractivity contribution in [3.63, 3.8) is 0 Å². The highest BCUT2D eigenvalue weighted by Gasteiger charge is 2.34. The zero-order valence-corrected chi connectivity index (χ0v) is 13.4. The van der Waals surface area contributed by atoms with Crippen LogP contribution in [0.2, 0.25) is 0 Å². The summed E-state index contributed by atoms with van der Waals surface area (Å²) in [6, 6.07) is 6.16. The highest BCUT2D eigenvalue weighted by molar-refractivity contribution is 5.78. The van der Waals surface area contributed by atoms with Gasteiger partial charge in [0.25, 0.3) is 0 Å². The lowest BCUT2D eigenvalue weighted by atomic mass is 10.0. The van der Waals surface area contributed by atoms with E-state index in [-0.39, 0.29) is 11.9 Å². The molecule has 1 aliphatic carbocycles. The molecule has 1 fully saturated rings. The quantitative estimate of drug-likeness (QED) is 0.802. The van der Waals surface area contributed by atoms with E-state index in [0.717, 1.165) is 49.3 Å². The van der Waals surface area contributed by atoms with Crippen LogP contribution in [0.3, 0.4) is 0 Å². The van der Waals surface area contributed by atoms with Gasteiger partial charge in [0.2, 0.25) is 5.91 Å². The maximum atomic E-state index is 12.8. The van der Waals surface area contributed by atoms with Gasteiger partial charge in [-0.25, -0.2) is 0 Å². The molecule has 2 aliphatic heterocycles. The number of ether oxygens (including phenoxy) is 2. The molecule has 0 N–H and O–H groups in total.